The van der Waals surface area contributed by atoms with Gasteiger partial charge >= 0.3 is 0 Å². The molecule has 106 valence electrons. The third-order valence-electron chi connectivity index (χ3n) is 3.33. The van der Waals surface area contributed by atoms with Crippen LogP contribution in [-0.4, -0.2) is 20.3 Å². The molecule has 0 spiro atoms. The molecule has 0 atom stereocenters. The topological polar surface area (TPSA) is 85.6 Å². The van der Waals surface area contributed by atoms with Crippen molar-refractivity contribution in [2.24, 2.45) is 0 Å². The van der Waals surface area contributed by atoms with Gasteiger partial charge in [-0.2, -0.15) is 0 Å². The molecule has 5 nitrogen and oxygen atoms in total. The molecule has 0 amide bonds. The summed E-state index contributed by atoms with van der Waals surface area (Å²) in [7, 11) is 0. The van der Waals surface area contributed by atoms with Crippen molar-refractivity contribution in [2.75, 3.05) is 5.32 Å². The number of nitrogens with one attached hydrogen (secondary N) is 1. The lowest BCUT2D eigenvalue weighted by Crippen LogP contribution is -2.00. The summed E-state index contributed by atoms with van der Waals surface area (Å²) in [4.78, 5) is 4.28. The Kier molecular flexibility index (Phi) is 3.23. The third kappa shape index (κ3) is 2.41. The van der Waals surface area contributed by atoms with Crippen molar-refractivity contribution in [3.63, 3.8) is 0 Å². The molecule has 0 saturated carbocycles. The van der Waals surface area contributed by atoms with Crippen molar-refractivity contribution in [3.05, 3.63) is 54.2 Å². The van der Waals surface area contributed by atoms with Crippen LogP contribution in [0.2, 0.25) is 0 Å². The molecule has 5 heteroatoms. The van der Waals surface area contributed by atoms with Gasteiger partial charge in [-0.1, -0.05) is 6.07 Å². The van der Waals surface area contributed by atoms with Crippen LogP contribution in [-0.2, 0) is 6.54 Å². The van der Waals surface area contributed by atoms with Crippen molar-refractivity contribution in [2.45, 2.75) is 6.54 Å². The van der Waals surface area contributed by atoms with E-state index < -0.39 is 5.75 Å². The van der Waals surface area contributed by atoms with E-state index in [2.05, 4.69) is 10.3 Å². The number of aromatic nitrogens is 1. The van der Waals surface area contributed by atoms with Crippen LogP contribution < -0.4 is 5.32 Å². The van der Waals surface area contributed by atoms with Crippen LogP contribution in [0.3, 0.4) is 0 Å². The molecular weight excluding hydrogens is 268 g/mol. The molecule has 21 heavy (non-hydrogen) atoms. The first kappa shape index (κ1) is 13.1. The Bertz CT molecular complexity index is 797. The summed E-state index contributed by atoms with van der Waals surface area (Å²) < 4.78 is 0. The molecule has 0 aliphatic heterocycles. The molecule has 0 bridgehead atoms. The van der Waals surface area contributed by atoms with Crippen molar-refractivity contribution < 1.29 is 15.3 Å². The summed E-state index contributed by atoms with van der Waals surface area (Å²) in [5, 5.41) is 32.8. The Morgan fingerprint density at radius 1 is 0.905 bits per heavy atom. The third-order valence-corrected chi connectivity index (χ3v) is 3.33. The van der Waals surface area contributed by atoms with Gasteiger partial charge in [0, 0.05) is 29.4 Å². The van der Waals surface area contributed by atoms with E-state index in [9.17, 15) is 15.3 Å². The van der Waals surface area contributed by atoms with Crippen LogP contribution in [0.1, 0.15) is 5.56 Å². The largest absolute Gasteiger partial charge is 0.504 e. The number of hydrogen-bond acceptors (Lipinski definition) is 5. The van der Waals surface area contributed by atoms with Gasteiger partial charge in [0.25, 0.3) is 0 Å². The van der Waals surface area contributed by atoms with Crippen LogP contribution in [0.25, 0.3) is 10.9 Å². The van der Waals surface area contributed by atoms with E-state index >= 15 is 0 Å². The first-order valence-corrected chi connectivity index (χ1v) is 6.47. The summed E-state index contributed by atoms with van der Waals surface area (Å²) in [5.74, 6) is -1.17. The number of rotatable bonds is 3. The highest BCUT2D eigenvalue weighted by Crippen LogP contribution is 2.37. The van der Waals surface area contributed by atoms with E-state index in [0.29, 0.717) is 12.1 Å². The predicted octanol–water partition coefficient (Wildman–Crippen LogP) is 2.96. The Morgan fingerprint density at radius 3 is 2.62 bits per heavy atom. The zero-order chi connectivity index (χ0) is 14.8. The molecule has 1 aromatic heterocycles. The van der Waals surface area contributed by atoms with Crippen molar-refractivity contribution in [3.8, 4) is 17.2 Å². The SMILES string of the molecule is Oc1ccc(CNc2cccc3ncccc23)c(O)c1O. The van der Waals surface area contributed by atoms with Gasteiger partial charge in [-0.15, -0.1) is 0 Å². The average Bonchev–Trinajstić information content (AvgIpc) is 2.52. The van der Waals surface area contributed by atoms with E-state index in [4.69, 9.17) is 0 Å². The molecule has 2 aromatic carbocycles. The minimum atomic E-state index is -0.506. The lowest BCUT2D eigenvalue weighted by molar-refractivity contribution is 0.365. The minimum Gasteiger partial charge on any atom is -0.504 e. The van der Waals surface area contributed by atoms with Gasteiger partial charge in [0.15, 0.2) is 11.5 Å². The van der Waals surface area contributed by atoms with E-state index in [1.54, 1.807) is 12.3 Å². The first-order valence-electron chi connectivity index (χ1n) is 6.47. The van der Waals surface area contributed by atoms with Crippen LogP contribution >= 0.6 is 0 Å². The van der Waals surface area contributed by atoms with E-state index in [1.807, 2.05) is 30.3 Å². The number of phenolic OH excluding ortho intramolecular Hbond substituents is 3. The standard InChI is InChI=1S/C16H14N2O3/c19-14-7-6-10(15(20)16(14)21)9-18-13-5-1-4-12-11(13)3-2-8-17-12/h1-8,18-21H,9H2. The summed E-state index contributed by atoms with van der Waals surface area (Å²) in [6.45, 7) is 0.313. The summed E-state index contributed by atoms with van der Waals surface area (Å²) in [6.07, 6.45) is 1.73. The van der Waals surface area contributed by atoms with Crippen molar-refractivity contribution in [1.82, 2.24) is 4.98 Å². The van der Waals surface area contributed by atoms with Gasteiger partial charge in [0.05, 0.1) is 5.52 Å². The second kappa shape index (κ2) is 5.20. The van der Waals surface area contributed by atoms with Gasteiger partial charge in [-0.3, -0.25) is 4.98 Å². The smallest absolute Gasteiger partial charge is 0.200 e. The highest BCUT2D eigenvalue weighted by molar-refractivity contribution is 5.91. The quantitative estimate of drug-likeness (QED) is 0.555. The second-order valence-electron chi connectivity index (χ2n) is 4.67. The fourth-order valence-electron chi connectivity index (χ4n) is 2.20. The van der Waals surface area contributed by atoms with Crippen LogP contribution in [0.15, 0.2) is 48.7 Å². The molecular formula is C16H14N2O3. The normalized spacial score (nSPS) is 10.7. The maximum Gasteiger partial charge on any atom is 0.200 e. The molecule has 1 heterocycles. The molecule has 3 rings (SSSR count). The van der Waals surface area contributed by atoms with E-state index in [-0.39, 0.29) is 11.5 Å². The summed E-state index contributed by atoms with van der Waals surface area (Å²) >= 11 is 0. The van der Waals surface area contributed by atoms with E-state index in [1.165, 1.54) is 6.07 Å². The number of fused-ring (bicyclic) bond motifs is 1. The zero-order valence-electron chi connectivity index (χ0n) is 11.1. The fourth-order valence-corrected chi connectivity index (χ4v) is 2.20. The lowest BCUT2D eigenvalue weighted by Gasteiger charge is -2.11. The molecule has 0 fully saturated rings. The second-order valence-corrected chi connectivity index (χ2v) is 4.67. The van der Waals surface area contributed by atoms with Gasteiger partial charge in [-0.25, -0.2) is 0 Å². The maximum atomic E-state index is 9.81. The number of hydrogen-bond donors (Lipinski definition) is 4. The highest BCUT2D eigenvalue weighted by Gasteiger charge is 2.11. The van der Waals surface area contributed by atoms with Crippen molar-refractivity contribution >= 4 is 16.6 Å². The highest BCUT2D eigenvalue weighted by atomic mass is 16.3. The Balaban J connectivity index is 1.89. The number of benzene rings is 2. The molecule has 0 radical (unpaired) electrons. The molecule has 0 unspecified atom stereocenters. The molecule has 0 aliphatic carbocycles. The first-order chi connectivity index (χ1) is 10.2. The monoisotopic (exact) mass is 282 g/mol. The number of anilines is 1. The van der Waals surface area contributed by atoms with Crippen molar-refractivity contribution in [1.29, 1.82) is 0 Å². The minimum absolute atomic E-state index is 0.313. The van der Waals surface area contributed by atoms with Crippen LogP contribution in [0.5, 0.6) is 17.2 Å². The fraction of sp³-hybridized carbons (Fsp3) is 0.0625. The number of nitrogens with zero attached hydrogens (tertiary/aromatic N) is 1. The van der Waals surface area contributed by atoms with Gasteiger partial charge < -0.3 is 20.6 Å². The molecule has 0 aliphatic rings. The van der Waals surface area contributed by atoms with Gasteiger partial charge in [0.2, 0.25) is 5.75 Å². The van der Waals surface area contributed by atoms with Gasteiger partial charge in [0.1, 0.15) is 0 Å². The molecule has 3 aromatic rings. The summed E-state index contributed by atoms with van der Waals surface area (Å²) in [5.41, 5.74) is 2.25. The van der Waals surface area contributed by atoms with Gasteiger partial charge in [-0.05, 0) is 36.4 Å². The predicted molar refractivity (Wildman–Crippen MR) is 80.5 cm³/mol. The Hall–Kier alpha value is -2.95. The number of pyridine rings is 1. The lowest BCUT2D eigenvalue weighted by atomic mass is 10.1. The number of phenols is 3. The van der Waals surface area contributed by atoms with Crippen LogP contribution in [0.4, 0.5) is 5.69 Å². The molecule has 0 saturated heterocycles. The maximum absolute atomic E-state index is 9.81. The molecule has 4 N–H and O–H groups in total. The van der Waals surface area contributed by atoms with Crippen LogP contribution in [0, 0.1) is 0 Å². The average molecular weight is 282 g/mol. The zero-order valence-corrected chi connectivity index (χ0v) is 11.1. The Labute approximate surface area is 121 Å². The summed E-state index contributed by atoms with van der Waals surface area (Å²) in [6, 6.07) is 12.4. The Morgan fingerprint density at radius 2 is 1.76 bits per heavy atom. The number of aromatic hydroxyl groups is 3. The van der Waals surface area contributed by atoms with E-state index in [0.717, 1.165) is 16.6 Å².